The number of ether oxygens (including phenoxy) is 1. The number of urea groups is 1. The van der Waals surface area contributed by atoms with E-state index in [0.717, 1.165) is 16.3 Å². The summed E-state index contributed by atoms with van der Waals surface area (Å²) in [5.41, 5.74) is 1.07. The molecule has 0 aromatic carbocycles. The zero-order valence-corrected chi connectivity index (χ0v) is 13.7. The van der Waals surface area contributed by atoms with Crippen molar-refractivity contribution >= 4 is 17.8 Å². The monoisotopic (exact) mass is 309 g/mol. The summed E-state index contributed by atoms with van der Waals surface area (Å²) in [5, 5.41) is 3.97. The van der Waals surface area contributed by atoms with Crippen LogP contribution in [0.5, 0.6) is 0 Å². The first kappa shape index (κ1) is 16.1. The molecule has 2 amide bonds. The number of amides is 2. The van der Waals surface area contributed by atoms with Crippen molar-refractivity contribution in [1.82, 2.24) is 15.2 Å². The van der Waals surface area contributed by atoms with Crippen molar-refractivity contribution in [2.45, 2.75) is 44.5 Å². The van der Waals surface area contributed by atoms with Gasteiger partial charge in [0.05, 0.1) is 17.2 Å². The lowest BCUT2D eigenvalue weighted by Crippen LogP contribution is -2.51. The van der Waals surface area contributed by atoms with Gasteiger partial charge in [0.2, 0.25) is 0 Å². The summed E-state index contributed by atoms with van der Waals surface area (Å²) in [6.07, 6.45) is 1.97. The van der Waals surface area contributed by atoms with E-state index in [9.17, 15) is 4.79 Å². The molecule has 116 valence electrons. The molecule has 0 bridgehead atoms. The Morgan fingerprint density at radius 1 is 1.48 bits per heavy atom. The smallest absolute Gasteiger partial charge is 0.317 e. The largest absolute Gasteiger partial charge is 0.372 e. The molecule has 0 saturated carbocycles. The molecule has 0 aliphatic carbocycles. The number of nitrogens with zero attached hydrogens (tertiary/aromatic N) is 2. The van der Waals surface area contributed by atoms with Gasteiger partial charge in [0.25, 0.3) is 0 Å². The van der Waals surface area contributed by atoms with Crippen LogP contribution in [0.1, 0.15) is 26.3 Å². The molecule has 2 rings (SSSR count). The highest BCUT2D eigenvalue weighted by Gasteiger charge is 2.25. The minimum Gasteiger partial charge on any atom is -0.372 e. The maximum Gasteiger partial charge on any atom is 0.317 e. The normalized spacial score (nSPS) is 22.1. The molecule has 1 aromatic rings. The standard InChI is InChI=1S/C15H23N3O2S/c1-4-21-14-7-13(5-6-16-14)8-17-15(19)18-9-11(2)20-12(3)10-18/h5-7,11-12H,4,8-10H2,1-3H3,(H,17,19)/t11-,12+. The van der Waals surface area contributed by atoms with Crippen molar-refractivity contribution in [2.24, 2.45) is 0 Å². The van der Waals surface area contributed by atoms with Crippen LogP contribution in [0.3, 0.4) is 0 Å². The van der Waals surface area contributed by atoms with E-state index in [-0.39, 0.29) is 18.2 Å². The Labute approximate surface area is 130 Å². The number of rotatable bonds is 4. The third-order valence-corrected chi connectivity index (χ3v) is 4.05. The fraction of sp³-hybridized carbons (Fsp3) is 0.600. The highest BCUT2D eigenvalue weighted by molar-refractivity contribution is 7.99. The third kappa shape index (κ3) is 4.89. The predicted molar refractivity (Wildman–Crippen MR) is 84.5 cm³/mol. The summed E-state index contributed by atoms with van der Waals surface area (Å²) in [7, 11) is 0. The molecule has 0 radical (unpaired) electrons. The first-order valence-electron chi connectivity index (χ1n) is 7.34. The number of hydrogen-bond acceptors (Lipinski definition) is 4. The van der Waals surface area contributed by atoms with Gasteiger partial charge in [-0.15, -0.1) is 11.8 Å². The van der Waals surface area contributed by atoms with E-state index in [0.29, 0.717) is 19.6 Å². The second-order valence-electron chi connectivity index (χ2n) is 5.26. The van der Waals surface area contributed by atoms with Gasteiger partial charge in [-0.3, -0.25) is 0 Å². The lowest BCUT2D eigenvalue weighted by molar-refractivity contribution is -0.0545. The molecule has 1 fully saturated rings. The van der Waals surface area contributed by atoms with E-state index >= 15 is 0 Å². The van der Waals surface area contributed by atoms with Gasteiger partial charge in [-0.2, -0.15) is 0 Å². The highest BCUT2D eigenvalue weighted by atomic mass is 32.2. The molecule has 1 saturated heterocycles. The predicted octanol–water partition coefficient (Wildman–Crippen LogP) is 2.51. The summed E-state index contributed by atoms with van der Waals surface area (Å²) in [6.45, 7) is 7.90. The van der Waals surface area contributed by atoms with Crippen LogP contribution in [0, 0.1) is 0 Å². The SMILES string of the molecule is CCSc1cc(CNC(=O)N2C[C@@H](C)O[C@@H](C)C2)ccn1. The number of aromatic nitrogens is 1. The topological polar surface area (TPSA) is 54.5 Å². The lowest BCUT2D eigenvalue weighted by atomic mass is 10.2. The molecular formula is C15H23N3O2S. The number of hydrogen-bond donors (Lipinski definition) is 1. The molecule has 1 aromatic heterocycles. The lowest BCUT2D eigenvalue weighted by Gasteiger charge is -2.35. The number of carbonyl (C=O) groups is 1. The molecule has 1 N–H and O–H groups in total. The van der Waals surface area contributed by atoms with Crippen LogP contribution in [-0.2, 0) is 11.3 Å². The molecule has 0 unspecified atom stereocenters. The maximum absolute atomic E-state index is 12.2. The van der Waals surface area contributed by atoms with Crippen molar-refractivity contribution in [2.75, 3.05) is 18.8 Å². The second-order valence-corrected chi connectivity index (χ2v) is 6.54. The van der Waals surface area contributed by atoms with Gasteiger partial charge in [0.15, 0.2) is 0 Å². The summed E-state index contributed by atoms with van der Waals surface area (Å²) < 4.78 is 5.64. The fourth-order valence-corrected chi connectivity index (χ4v) is 3.09. The average molecular weight is 309 g/mol. The van der Waals surface area contributed by atoms with Crippen LogP contribution in [-0.4, -0.2) is 47.0 Å². The van der Waals surface area contributed by atoms with Gasteiger partial charge in [-0.25, -0.2) is 9.78 Å². The van der Waals surface area contributed by atoms with E-state index < -0.39 is 0 Å². The zero-order chi connectivity index (χ0) is 15.2. The van der Waals surface area contributed by atoms with E-state index in [4.69, 9.17) is 4.74 Å². The van der Waals surface area contributed by atoms with E-state index in [1.165, 1.54) is 0 Å². The van der Waals surface area contributed by atoms with Gasteiger partial charge in [-0.1, -0.05) is 6.92 Å². The zero-order valence-electron chi connectivity index (χ0n) is 12.8. The van der Waals surface area contributed by atoms with Crippen molar-refractivity contribution in [3.05, 3.63) is 23.9 Å². The Bertz CT molecular complexity index is 474. The summed E-state index contributed by atoms with van der Waals surface area (Å²) >= 11 is 1.70. The van der Waals surface area contributed by atoms with Crippen molar-refractivity contribution in [3.63, 3.8) is 0 Å². The molecular weight excluding hydrogens is 286 g/mol. The van der Waals surface area contributed by atoms with E-state index in [2.05, 4.69) is 17.2 Å². The Hall–Kier alpha value is -1.27. The molecule has 21 heavy (non-hydrogen) atoms. The summed E-state index contributed by atoms with van der Waals surface area (Å²) in [5.74, 6) is 0.992. The van der Waals surface area contributed by atoms with Crippen LogP contribution in [0.25, 0.3) is 0 Å². The quantitative estimate of drug-likeness (QED) is 0.868. The number of thioether (sulfide) groups is 1. The van der Waals surface area contributed by atoms with Crippen LogP contribution in [0.4, 0.5) is 4.79 Å². The summed E-state index contributed by atoms with van der Waals surface area (Å²) in [4.78, 5) is 18.3. The molecule has 6 heteroatoms. The minimum absolute atomic E-state index is 0.0292. The van der Waals surface area contributed by atoms with Crippen LogP contribution in [0.2, 0.25) is 0 Å². The molecule has 5 nitrogen and oxygen atoms in total. The van der Waals surface area contributed by atoms with Gasteiger partial charge >= 0.3 is 6.03 Å². The van der Waals surface area contributed by atoms with Crippen LogP contribution < -0.4 is 5.32 Å². The minimum atomic E-state index is -0.0292. The average Bonchev–Trinajstić information content (AvgIpc) is 2.44. The maximum atomic E-state index is 12.2. The number of carbonyl (C=O) groups excluding carboxylic acids is 1. The van der Waals surface area contributed by atoms with Crippen molar-refractivity contribution in [1.29, 1.82) is 0 Å². The van der Waals surface area contributed by atoms with E-state index in [1.54, 1.807) is 18.0 Å². The third-order valence-electron chi connectivity index (χ3n) is 3.24. The number of morpholine rings is 1. The van der Waals surface area contributed by atoms with Gasteiger partial charge in [-0.05, 0) is 37.3 Å². The van der Waals surface area contributed by atoms with Crippen molar-refractivity contribution in [3.8, 4) is 0 Å². The van der Waals surface area contributed by atoms with Gasteiger partial charge in [0, 0.05) is 25.8 Å². The Balaban J connectivity index is 1.87. The first-order valence-corrected chi connectivity index (χ1v) is 8.33. The van der Waals surface area contributed by atoms with Gasteiger partial charge < -0.3 is 15.0 Å². The molecule has 2 atom stereocenters. The van der Waals surface area contributed by atoms with Crippen LogP contribution in [0.15, 0.2) is 23.4 Å². The Kier molecular flexibility index (Phi) is 5.87. The van der Waals surface area contributed by atoms with Crippen LogP contribution >= 0.6 is 11.8 Å². The Morgan fingerprint density at radius 2 is 2.19 bits per heavy atom. The molecule has 0 spiro atoms. The molecule has 1 aliphatic heterocycles. The number of pyridine rings is 1. The highest BCUT2D eigenvalue weighted by Crippen LogP contribution is 2.15. The fourth-order valence-electron chi connectivity index (χ4n) is 2.42. The molecule has 2 heterocycles. The van der Waals surface area contributed by atoms with E-state index in [1.807, 2.05) is 30.9 Å². The first-order chi connectivity index (χ1) is 10.1. The Morgan fingerprint density at radius 3 is 2.86 bits per heavy atom. The number of nitrogens with one attached hydrogen (secondary N) is 1. The van der Waals surface area contributed by atoms with Crippen molar-refractivity contribution < 1.29 is 9.53 Å². The molecule has 1 aliphatic rings. The summed E-state index contributed by atoms with van der Waals surface area (Å²) in [6, 6.07) is 3.93. The second kappa shape index (κ2) is 7.66. The van der Waals surface area contributed by atoms with Gasteiger partial charge in [0.1, 0.15) is 0 Å².